The van der Waals surface area contributed by atoms with E-state index in [9.17, 15) is 10.3 Å². The second-order valence-corrected chi connectivity index (χ2v) is 5.63. The lowest BCUT2D eigenvalue weighted by Gasteiger charge is -2.37. The Bertz CT molecular complexity index is 742. The van der Waals surface area contributed by atoms with E-state index in [1.165, 1.54) is 0 Å². The summed E-state index contributed by atoms with van der Waals surface area (Å²) >= 11 is 0. The summed E-state index contributed by atoms with van der Waals surface area (Å²) in [4.78, 5) is 0. The number of hydroxylamine groups is 1. The Morgan fingerprint density at radius 2 is 2.05 bits per heavy atom. The first-order chi connectivity index (χ1) is 10.1. The van der Waals surface area contributed by atoms with Gasteiger partial charge in [-0.3, -0.25) is 5.73 Å². The van der Waals surface area contributed by atoms with Gasteiger partial charge in [0.2, 0.25) is 5.60 Å². The van der Waals surface area contributed by atoms with Crippen LogP contribution in [0.2, 0.25) is 0 Å². The molecule has 7 nitrogen and oxygen atoms in total. The van der Waals surface area contributed by atoms with Crippen LogP contribution in [0.1, 0.15) is 29.8 Å². The van der Waals surface area contributed by atoms with Gasteiger partial charge < -0.3 is 10.3 Å². The van der Waals surface area contributed by atoms with Crippen molar-refractivity contribution >= 4 is 5.71 Å². The SMILES string of the molecule is N[C@]12CCc3nonc3[C@@]1(O)CC(c1ccccc1)=[N+]2[O-]. The third-order valence-corrected chi connectivity index (χ3v) is 4.55. The van der Waals surface area contributed by atoms with Gasteiger partial charge in [0.05, 0.1) is 6.42 Å². The van der Waals surface area contributed by atoms with Crippen LogP contribution in [0.5, 0.6) is 0 Å². The highest BCUT2D eigenvalue weighted by atomic mass is 16.6. The molecule has 3 N–H and O–H groups in total. The van der Waals surface area contributed by atoms with Gasteiger partial charge in [-0.1, -0.05) is 28.5 Å². The largest absolute Gasteiger partial charge is 0.622 e. The topological polar surface area (TPSA) is 111 Å². The molecule has 0 bridgehead atoms. The molecule has 2 heterocycles. The Morgan fingerprint density at radius 1 is 1.29 bits per heavy atom. The van der Waals surface area contributed by atoms with Crippen molar-refractivity contribution in [3.05, 3.63) is 52.5 Å². The summed E-state index contributed by atoms with van der Waals surface area (Å²) in [6, 6.07) is 9.20. The van der Waals surface area contributed by atoms with Crippen LogP contribution in [0.4, 0.5) is 0 Å². The van der Waals surface area contributed by atoms with E-state index in [1.807, 2.05) is 30.3 Å². The van der Waals surface area contributed by atoms with E-state index in [0.717, 1.165) is 10.3 Å². The van der Waals surface area contributed by atoms with Crippen LogP contribution >= 0.6 is 0 Å². The summed E-state index contributed by atoms with van der Waals surface area (Å²) in [5, 5.41) is 31.3. The first kappa shape index (κ1) is 12.5. The van der Waals surface area contributed by atoms with Crippen molar-refractivity contribution in [2.24, 2.45) is 5.73 Å². The van der Waals surface area contributed by atoms with Crippen molar-refractivity contribution < 1.29 is 14.5 Å². The number of aryl methyl sites for hydroxylation is 1. The molecule has 1 aliphatic carbocycles. The molecule has 0 amide bonds. The number of nitrogens with zero attached hydrogens (tertiary/aromatic N) is 3. The predicted molar refractivity (Wildman–Crippen MR) is 72.2 cm³/mol. The van der Waals surface area contributed by atoms with E-state index in [2.05, 4.69) is 10.3 Å². The van der Waals surface area contributed by atoms with E-state index in [-0.39, 0.29) is 12.1 Å². The van der Waals surface area contributed by atoms with Crippen LogP contribution in [0, 0.1) is 5.21 Å². The van der Waals surface area contributed by atoms with Crippen LogP contribution in [-0.4, -0.2) is 31.5 Å². The maximum atomic E-state index is 12.7. The van der Waals surface area contributed by atoms with Crippen molar-refractivity contribution in [1.82, 2.24) is 10.3 Å². The van der Waals surface area contributed by atoms with Crippen molar-refractivity contribution in [1.29, 1.82) is 0 Å². The molecule has 7 heteroatoms. The Kier molecular flexibility index (Phi) is 2.32. The number of hydrogen-bond acceptors (Lipinski definition) is 6. The molecule has 0 radical (unpaired) electrons. The number of aromatic nitrogens is 2. The number of nitrogens with two attached hydrogens (primary N) is 1. The lowest BCUT2D eigenvalue weighted by Crippen LogP contribution is -2.62. The van der Waals surface area contributed by atoms with Gasteiger partial charge in [-0.2, -0.15) is 4.74 Å². The summed E-state index contributed by atoms with van der Waals surface area (Å²) in [7, 11) is 0. The van der Waals surface area contributed by atoms with Gasteiger partial charge in [-0.25, -0.2) is 4.63 Å². The van der Waals surface area contributed by atoms with Gasteiger partial charge in [-0.15, -0.1) is 0 Å². The third kappa shape index (κ3) is 1.42. The van der Waals surface area contributed by atoms with Gasteiger partial charge in [0.15, 0.2) is 5.71 Å². The molecule has 2 aromatic rings. The zero-order valence-corrected chi connectivity index (χ0v) is 11.2. The molecule has 21 heavy (non-hydrogen) atoms. The molecule has 1 aromatic carbocycles. The lowest BCUT2D eigenvalue weighted by molar-refractivity contribution is -0.566. The molecule has 4 rings (SSSR count). The smallest absolute Gasteiger partial charge is 0.260 e. The van der Waals surface area contributed by atoms with Crippen LogP contribution in [0.25, 0.3) is 0 Å². The summed E-state index contributed by atoms with van der Waals surface area (Å²) in [5.74, 6) is 0. The Hall–Kier alpha value is -2.25. The van der Waals surface area contributed by atoms with Crippen LogP contribution in [0.3, 0.4) is 0 Å². The number of aliphatic hydroxyl groups is 1. The first-order valence-electron chi connectivity index (χ1n) is 6.78. The van der Waals surface area contributed by atoms with Gasteiger partial charge in [-0.05, 0) is 12.1 Å². The molecule has 2 aliphatic rings. The van der Waals surface area contributed by atoms with Crippen molar-refractivity contribution in [2.75, 3.05) is 0 Å². The molecule has 0 saturated heterocycles. The predicted octanol–water partition coefficient (Wildman–Crippen LogP) is 0.262. The third-order valence-electron chi connectivity index (χ3n) is 4.55. The minimum atomic E-state index is -1.58. The zero-order chi connectivity index (χ0) is 14.7. The van der Waals surface area contributed by atoms with Crippen LogP contribution in [0.15, 0.2) is 35.0 Å². The van der Waals surface area contributed by atoms with Gasteiger partial charge in [0.25, 0.3) is 5.66 Å². The summed E-state index contributed by atoms with van der Waals surface area (Å²) in [6.07, 6.45) is 0.848. The fourth-order valence-corrected chi connectivity index (χ4v) is 3.32. The second-order valence-electron chi connectivity index (χ2n) is 5.63. The second kappa shape index (κ2) is 3.90. The standard InChI is InChI=1S/C14H14N4O3/c15-14-7-6-10-12(17-21-16-10)13(14,19)8-11(18(14)20)9-4-2-1-3-5-9/h1-5,19H,6-8,15H2/t13-,14-/m0/s1. The number of rotatable bonds is 1. The zero-order valence-electron chi connectivity index (χ0n) is 11.2. The average Bonchev–Trinajstić information content (AvgIpc) is 3.05. The van der Waals surface area contributed by atoms with Gasteiger partial charge >= 0.3 is 0 Å². The Morgan fingerprint density at radius 3 is 2.81 bits per heavy atom. The summed E-state index contributed by atoms with van der Waals surface area (Å²) in [6.45, 7) is 0. The van der Waals surface area contributed by atoms with Crippen molar-refractivity contribution in [3.8, 4) is 0 Å². The fraction of sp³-hybridized carbons (Fsp3) is 0.357. The highest BCUT2D eigenvalue weighted by Gasteiger charge is 2.67. The fourth-order valence-electron chi connectivity index (χ4n) is 3.32. The minimum Gasteiger partial charge on any atom is -0.622 e. The monoisotopic (exact) mass is 286 g/mol. The van der Waals surface area contributed by atoms with Crippen molar-refractivity contribution in [3.63, 3.8) is 0 Å². The minimum absolute atomic E-state index is 0.0955. The Labute approximate surface area is 120 Å². The van der Waals surface area contributed by atoms with E-state index >= 15 is 0 Å². The molecular weight excluding hydrogens is 272 g/mol. The molecule has 0 unspecified atom stereocenters. The maximum absolute atomic E-state index is 12.7. The molecule has 2 atom stereocenters. The number of fused-ring (bicyclic) bond motifs is 3. The molecule has 1 aliphatic heterocycles. The molecule has 0 spiro atoms. The normalized spacial score (nSPS) is 31.1. The number of hydrogen-bond donors (Lipinski definition) is 2. The molecule has 0 saturated carbocycles. The summed E-state index contributed by atoms with van der Waals surface area (Å²) in [5.41, 5.74) is 5.31. The van der Waals surface area contributed by atoms with Crippen LogP contribution in [-0.2, 0) is 12.0 Å². The van der Waals surface area contributed by atoms with E-state index in [0.29, 0.717) is 24.2 Å². The quantitative estimate of drug-likeness (QED) is 0.574. The molecule has 0 fully saturated rings. The van der Waals surface area contributed by atoms with E-state index in [1.54, 1.807) is 0 Å². The lowest BCUT2D eigenvalue weighted by atomic mass is 9.75. The summed E-state index contributed by atoms with van der Waals surface area (Å²) < 4.78 is 5.45. The van der Waals surface area contributed by atoms with Crippen LogP contribution < -0.4 is 5.73 Å². The van der Waals surface area contributed by atoms with Gasteiger partial charge in [0, 0.05) is 18.4 Å². The average molecular weight is 286 g/mol. The maximum Gasteiger partial charge on any atom is 0.260 e. The highest BCUT2D eigenvalue weighted by molar-refractivity contribution is 5.99. The van der Waals surface area contributed by atoms with E-state index < -0.39 is 11.3 Å². The van der Waals surface area contributed by atoms with E-state index in [4.69, 9.17) is 10.4 Å². The first-order valence-corrected chi connectivity index (χ1v) is 6.78. The molecular formula is C14H14N4O3. The molecule has 108 valence electrons. The number of benzene rings is 1. The molecule has 1 aromatic heterocycles. The Balaban J connectivity index is 1.89. The van der Waals surface area contributed by atoms with Gasteiger partial charge in [0.1, 0.15) is 11.4 Å². The van der Waals surface area contributed by atoms with Crippen molar-refractivity contribution in [2.45, 2.75) is 30.5 Å². The highest BCUT2D eigenvalue weighted by Crippen LogP contribution is 2.47.